The van der Waals surface area contributed by atoms with Gasteiger partial charge in [-0.15, -0.1) is 0 Å². The summed E-state index contributed by atoms with van der Waals surface area (Å²) in [5, 5.41) is 0. The molecular formula is C16H29N3O. The van der Waals surface area contributed by atoms with Crippen LogP contribution in [0.15, 0.2) is 12.4 Å². The van der Waals surface area contributed by atoms with Crippen molar-refractivity contribution in [1.29, 1.82) is 0 Å². The Kier molecular flexibility index (Phi) is 5.22. The summed E-state index contributed by atoms with van der Waals surface area (Å²) in [6.45, 7) is 7.66. The van der Waals surface area contributed by atoms with Crippen molar-refractivity contribution in [2.45, 2.75) is 45.1 Å². The highest BCUT2D eigenvalue weighted by Crippen LogP contribution is 2.28. The lowest BCUT2D eigenvalue weighted by atomic mass is 9.88. The fraction of sp³-hybridized carbons (Fsp3) is 0.812. The summed E-state index contributed by atoms with van der Waals surface area (Å²) in [4.78, 5) is 6.84. The van der Waals surface area contributed by atoms with Gasteiger partial charge in [-0.05, 0) is 52.6 Å². The van der Waals surface area contributed by atoms with Gasteiger partial charge >= 0.3 is 0 Å². The molecule has 1 aromatic heterocycles. The summed E-state index contributed by atoms with van der Waals surface area (Å²) < 4.78 is 7.90. The van der Waals surface area contributed by atoms with Crippen LogP contribution in [0.25, 0.3) is 0 Å². The van der Waals surface area contributed by atoms with Gasteiger partial charge in [-0.25, -0.2) is 4.98 Å². The molecule has 1 aromatic rings. The molecule has 1 fully saturated rings. The number of imidazole rings is 1. The molecule has 114 valence electrons. The maximum absolute atomic E-state index is 5.79. The zero-order valence-corrected chi connectivity index (χ0v) is 13.4. The van der Waals surface area contributed by atoms with E-state index in [2.05, 4.69) is 42.4 Å². The Morgan fingerprint density at radius 2 is 2.30 bits per heavy atom. The molecule has 0 aromatic carbocycles. The van der Waals surface area contributed by atoms with Gasteiger partial charge in [0, 0.05) is 39.0 Å². The molecule has 0 unspecified atom stereocenters. The molecule has 0 radical (unpaired) electrons. The number of hydrogen-bond acceptors (Lipinski definition) is 3. The molecule has 0 aliphatic carbocycles. The first kappa shape index (κ1) is 15.5. The lowest BCUT2D eigenvalue weighted by Crippen LogP contribution is -2.38. The maximum Gasteiger partial charge on any atom is 0.108 e. The molecule has 1 aliphatic heterocycles. The van der Waals surface area contributed by atoms with Crippen LogP contribution in [0, 0.1) is 5.92 Å². The van der Waals surface area contributed by atoms with Gasteiger partial charge in [-0.2, -0.15) is 0 Å². The van der Waals surface area contributed by atoms with Crippen molar-refractivity contribution in [2.75, 3.05) is 26.7 Å². The molecule has 0 N–H and O–H groups in total. The van der Waals surface area contributed by atoms with Crippen LogP contribution in [0.3, 0.4) is 0 Å². The van der Waals surface area contributed by atoms with E-state index >= 15 is 0 Å². The van der Waals surface area contributed by atoms with Crippen molar-refractivity contribution in [2.24, 2.45) is 13.0 Å². The van der Waals surface area contributed by atoms with Gasteiger partial charge in [0.1, 0.15) is 5.82 Å². The largest absolute Gasteiger partial charge is 0.376 e. The zero-order chi connectivity index (χ0) is 14.6. The molecule has 20 heavy (non-hydrogen) atoms. The lowest BCUT2D eigenvalue weighted by Gasteiger charge is -2.37. The Morgan fingerprint density at radius 3 is 2.95 bits per heavy atom. The van der Waals surface area contributed by atoms with Crippen LogP contribution in [0.4, 0.5) is 0 Å². The van der Waals surface area contributed by atoms with Crippen LogP contribution in [0.5, 0.6) is 0 Å². The second-order valence-corrected chi connectivity index (χ2v) is 6.79. The van der Waals surface area contributed by atoms with Crippen molar-refractivity contribution in [1.82, 2.24) is 14.5 Å². The van der Waals surface area contributed by atoms with E-state index < -0.39 is 0 Å². The van der Waals surface area contributed by atoms with E-state index in [1.165, 1.54) is 31.6 Å². The van der Waals surface area contributed by atoms with Crippen molar-refractivity contribution in [3.8, 4) is 0 Å². The van der Waals surface area contributed by atoms with Crippen molar-refractivity contribution in [3.63, 3.8) is 0 Å². The Hall–Kier alpha value is -0.870. The van der Waals surface area contributed by atoms with Crippen LogP contribution in [-0.2, 0) is 18.2 Å². The first-order chi connectivity index (χ1) is 9.46. The Labute approximate surface area is 123 Å². The average molecular weight is 279 g/mol. The van der Waals surface area contributed by atoms with Gasteiger partial charge in [0.05, 0.1) is 5.60 Å². The predicted octanol–water partition coefficient (Wildman–Crippen LogP) is 2.49. The average Bonchev–Trinajstić information content (AvgIpc) is 2.74. The Morgan fingerprint density at radius 1 is 1.50 bits per heavy atom. The molecule has 0 saturated carbocycles. The topological polar surface area (TPSA) is 30.3 Å². The van der Waals surface area contributed by atoms with Gasteiger partial charge in [-0.1, -0.05) is 0 Å². The highest BCUT2D eigenvalue weighted by molar-refractivity contribution is 4.91. The monoisotopic (exact) mass is 279 g/mol. The number of nitrogens with zero attached hydrogens (tertiary/aromatic N) is 3. The summed E-state index contributed by atoms with van der Waals surface area (Å²) in [5.74, 6) is 1.96. The highest BCUT2D eigenvalue weighted by Gasteiger charge is 2.29. The highest BCUT2D eigenvalue weighted by atomic mass is 16.5. The molecule has 0 bridgehead atoms. The third-order valence-electron chi connectivity index (χ3n) is 4.23. The Bertz CT molecular complexity index is 414. The van der Waals surface area contributed by atoms with Crippen LogP contribution in [0.2, 0.25) is 0 Å². The summed E-state index contributed by atoms with van der Waals surface area (Å²) in [6.07, 6.45) is 8.51. The number of aryl methyl sites for hydroxylation is 2. The number of aromatic nitrogens is 2. The minimum atomic E-state index is 0.0662. The normalized spacial score (nSPS) is 22.4. The number of rotatable bonds is 6. The van der Waals surface area contributed by atoms with Gasteiger partial charge in [0.2, 0.25) is 0 Å². The standard InChI is InChI=1S/C16H29N3O/c1-16(2)12-14(7-11-20-16)13-18(3)9-5-6-15-17-8-10-19(15)4/h8,10,14H,5-7,9,11-13H2,1-4H3/t14-/m0/s1. The van der Waals surface area contributed by atoms with Crippen LogP contribution < -0.4 is 0 Å². The second kappa shape index (κ2) is 6.72. The summed E-state index contributed by atoms with van der Waals surface area (Å²) >= 11 is 0. The smallest absolute Gasteiger partial charge is 0.108 e. The molecular weight excluding hydrogens is 250 g/mol. The van der Waals surface area contributed by atoms with Crippen molar-refractivity contribution < 1.29 is 4.74 Å². The van der Waals surface area contributed by atoms with E-state index in [1.54, 1.807) is 0 Å². The molecule has 2 heterocycles. The molecule has 4 heteroatoms. The van der Waals surface area contributed by atoms with E-state index in [9.17, 15) is 0 Å². The van der Waals surface area contributed by atoms with Crippen LogP contribution in [0.1, 0.15) is 38.9 Å². The van der Waals surface area contributed by atoms with E-state index in [1.807, 2.05) is 12.4 Å². The molecule has 1 aliphatic rings. The molecule has 4 nitrogen and oxygen atoms in total. The van der Waals surface area contributed by atoms with E-state index in [-0.39, 0.29) is 5.60 Å². The molecule has 1 atom stereocenters. The minimum Gasteiger partial charge on any atom is -0.376 e. The van der Waals surface area contributed by atoms with Crippen molar-refractivity contribution in [3.05, 3.63) is 18.2 Å². The fourth-order valence-electron chi connectivity index (χ4n) is 3.19. The second-order valence-electron chi connectivity index (χ2n) is 6.79. The van der Waals surface area contributed by atoms with E-state index in [0.29, 0.717) is 0 Å². The lowest BCUT2D eigenvalue weighted by molar-refractivity contribution is -0.0759. The fourth-order valence-corrected chi connectivity index (χ4v) is 3.19. The summed E-state index contributed by atoms with van der Waals surface area (Å²) in [6, 6.07) is 0. The van der Waals surface area contributed by atoms with Gasteiger partial charge < -0.3 is 14.2 Å². The molecule has 1 saturated heterocycles. The van der Waals surface area contributed by atoms with Gasteiger partial charge in [-0.3, -0.25) is 0 Å². The van der Waals surface area contributed by atoms with E-state index in [4.69, 9.17) is 4.74 Å². The third kappa shape index (κ3) is 4.60. The zero-order valence-electron chi connectivity index (χ0n) is 13.4. The van der Waals surface area contributed by atoms with Gasteiger partial charge in [0.15, 0.2) is 0 Å². The number of ether oxygens (including phenoxy) is 1. The maximum atomic E-state index is 5.79. The summed E-state index contributed by atoms with van der Waals surface area (Å²) in [5.41, 5.74) is 0.0662. The quantitative estimate of drug-likeness (QED) is 0.801. The first-order valence-corrected chi connectivity index (χ1v) is 7.75. The van der Waals surface area contributed by atoms with E-state index in [0.717, 1.165) is 25.5 Å². The Balaban J connectivity index is 1.67. The summed E-state index contributed by atoms with van der Waals surface area (Å²) in [7, 11) is 4.30. The van der Waals surface area contributed by atoms with Crippen LogP contribution in [-0.4, -0.2) is 46.8 Å². The first-order valence-electron chi connectivity index (χ1n) is 7.75. The predicted molar refractivity (Wildman–Crippen MR) is 81.8 cm³/mol. The molecule has 0 spiro atoms. The number of hydrogen-bond donors (Lipinski definition) is 0. The van der Waals surface area contributed by atoms with Gasteiger partial charge in [0.25, 0.3) is 0 Å². The van der Waals surface area contributed by atoms with Crippen molar-refractivity contribution >= 4 is 0 Å². The third-order valence-corrected chi connectivity index (χ3v) is 4.23. The minimum absolute atomic E-state index is 0.0662. The SMILES string of the molecule is CN(CCCc1nccn1C)C[C@H]1CCOC(C)(C)C1. The van der Waals surface area contributed by atoms with Crippen LogP contribution >= 0.6 is 0 Å². The molecule has 0 amide bonds. The molecule has 2 rings (SSSR count).